The molecule has 0 unspecified atom stereocenters. The van der Waals surface area contributed by atoms with Crippen LogP contribution in [0.1, 0.15) is 11.1 Å². The van der Waals surface area contributed by atoms with Crippen molar-refractivity contribution in [1.82, 2.24) is 4.90 Å². The minimum absolute atomic E-state index is 0.134. The number of carbonyl (C=O) groups is 2. The molecular formula is C27H24INO6S. The monoisotopic (exact) mass is 617 g/mol. The number of methoxy groups -OCH3 is 2. The SMILES string of the molecule is COc1ccccc1OCCN1C(=O)S/C(=C\c2ccc(OCc3ccc(I)cc3)c(OC)c2)C1=O. The Hall–Kier alpha value is -3.18. The molecule has 1 aliphatic rings. The number of amides is 2. The molecular weight excluding hydrogens is 593 g/mol. The van der Waals surface area contributed by atoms with E-state index in [0.29, 0.717) is 34.5 Å². The molecule has 2 amide bonds. The largest absolute Gasteiger partial charge is 0.493 e. The highest BCUT2D eigenvalue weighted by Crippen LogP contribution is 2.35. The lowest BCUT2D eigenvalue weighted by Crippen LogP contribution is -2.32. The fourth-order valence-corrected chi connectivity index (χ4v) is 4.69. The first-order chi connectivity index (χ1) is 17.5. The highest BCUT2D eigenvalue weighted by atomic mass is 127. The molecule has 0 radical (unpaired) electrons. The smallest absolute Gasteiger partial charge is 0.293 e. The molecule has 36 heavy (non-hydrogen) atoms. The van der Waals surface area contributed by atoms with Crippen LogP contribution in [0.5, 0.6) is 23.0 Å². The molecule has 0 atom stereocenters. The van der Waals surface area contributed by atoms with Gasteiger partial charge >= 0.3 is 0 Å². The number of imide groups is 1. The number of nitrogens with zero attached hydrogens (tertiary/aromatic N) is 1. The van der Waals surface area contributed by atoms with Crippen molar-refractivity contribution in [3.8, 4) is 23.0 Å². The van der Waals surface area contributed by atoms with E-state index >= 15 is 0 Å². The van der Waals surface area contributed by atoms with Crippen molar-refractivity contribution < 1.29 is 28.5 Å². The van der Waals surface area contributed by atoms with Gasteiger partial charge in [-0.15, -0.1) is 0 Å². The van der Waals surface area contributed by atoms with Crippen LogP contribution >= 0.6 is 34.4 Å². The standard InChI is InChI=1S/C27H24INO6S/c1-32-21-5-3-4-6-22(21)34-14-13-29-26(30)25(36-27(29)31)16-19-9-12-23(24(15-19)33-2)35-17-18-7-10-20(28)11-8-18/h3-12,15-16H,13-14,17H2,1-2H3/b25-16-. The number of para-hydroxylation sites is 2. The van der Waals surface area contributed by atoms with Crippen molar-refractivity contribution in [2.45, 2.75) is 6.61 Å². The quantitative estimate of drug-likeness (QED) is 0.204. The van der Waals surface area contributed by atoms with E-state index in [0.717, 1.165) is 26.5 Å². The van der Waals surface area contributed by atoms with Crippen LogP contribution in [-0.2, 0) is 11.4 Å². The Morgan fingerprint density at radius 3 is 2.28 bits per heavy atom. The summed E-state index contributed by atoms with van der Waals surface area (Å²) >= 11 is 3.16. The molecule has 3 aromatic carbocycles. The van der Waals surface area contributed by atoms with Gasteiger partial charge in [-0.1, -0.05) is 30.3 Å². The van der Waals surface area contributed by atoms with Crippen LogP contribution < -0.4 is 18.9 Å². The van der Waals surface area contributed by atoms with Crippen molar-refractivity contribution in [3.05, 3.63) is 86.3 Å². The van der Waals surface area contributed by atoms with E-state index in [4.69, 9.17) is 18.9 Å². The fraction of sp³-hybridized carbons (Fsp3) is 0.185. The Morgan fingerprint density at radius 1 is 0.861 bits per heavy atom. The van der Waals surface area contributed by atoms with Crippen molar-refractivity contribution in [1.29, 1.82) is 0 Å². The number of benzene rings is 3. The van der Waals surface area contributed by atoms with E-state index in [1.807, 2.05) is 42.5 Å². The molecule has 186 valence electrons. The fourth-order valence-electron chi connectivity index (χ4n) is 3.46. The maximum atomic E-state index is 12.9. The van der Waals surface area contributed by atoms with E-state index in [1.54, 1.807) is 44.6 Å². The van der Waals surface area contributed by atoms with E-state index in [2.05, 4.69) is 22.6 Å². The molecule has 0 spiro atoms. The summed E-state index contributed by atoms with van der Waals surface area (Å²) < 4.78 is 23.5. The second-order valence-electron chi connectivity index (χ2n) is 7.66. The van der Waals surface area contributed by atoms with Crippen LogP contribution in [0.15, 0.2) is 71.6 Å². The van der Waals surface area contributed by atoms with E-state index < -0.39 is 0 Å². The minimum atomic E-state index is -0.355. The third kappa shape index (κ3) is 6.33. The van der Waals surface area contributed by atoms with Gasteiger partial charge in [0.1, 0.15) is 13.2 Å². The number of carbonyl (C=O) groups excluding carboxylic acids is 2. The highest BCUT2D eigenvalue weighted by Gasteiger charge is 2.34. The summed E-state index contributed by atoms with van der Waals surface area (Å²) in [5.41, 5.74) is 1.77. The van der Waals surface area contributed by atoms with Crippen molar-refractivity contribution in [3.63, 3.8) is 0 Å². The topological polar surface area (TPSA) is 74.3 Å². The molecule has 0 aliphatic carbocycles. The van der Waals surface area contributed by atoms with Gasteiger partial charge in [0.15, 0.2) is 23.0 Å². The highest BCUT2D eigenvalue weighted by molar-refractivity contribution is 14.1. The molecule has 1 heterocycles. The Kier molecular flexibility index (Phi) is 8.76. The van der Waals surface area contributed by atoms with Crippen molar-refractivity contribution in [2.75, 3.05) is 27.4 Å². The van der Waals surface area contributed by atoms with Gasteiger partial charge in [0, 0.05) is 3.57 Å². The van der Waals surface area contributed by atoms with Gasteiger partial charge in [0.2, 0.25) is 0 Å². The number of rotatable bonds is 10. The van der Waals surface area contributed by atoms with Crippen LogP contribution in [0.4, 0.5) is 4.79 Å². The van der Waals surface area contributed by atoms with Gasteiger partial charge in [-0.3, -0.25) is 14.5 Å². The lowest BCUT2D eigenvalue weighted by atomic mass is 10.1. The van der Waals surface area contributed by atoms with E-state index in [9.17, 15) is 9.59 Å². The first-order valence-electron chi connectivity index (χ1n) is 11.0. The maximum absolute atomic E-state index is 12.9. The molecule has 1 aliphatic heterocycles. The number of halogens is 1. The average molecular weight is 617 g/mol. The molecule has 1 fully saturated rings. The molecule has 0 N–H and O–H groups in total. The molecule has 9 heteroatoms. The molecule has 0 bridgehead atoms. The lowest BCUT2D eigenvalue weighted by molar-refractivity contribution is -0.123. The van der Waals surface area contributed by atoms with Gasteiger partial charge in [0.05, 0.1) is 25.7 Å². The second kappa shape index (κ2) is 12.2. The predicted molar refractivity (Wildman–Crippen MR) is 148 cm³/mol. The zero-order valence-electron chi connectivity index (χ0n) is 19.7. The van der Waals surface area contributed by atoms with Crippen LogP contribution in [0.25, 0.3) is 6.08 Å². The summed E-state index contributed by atoms with van der Waals surface area (Å²) in [6.07, 6.45) is 1.68. The summed E-state index contributed by atoms with van der Waals surface area (Å²) in [5.74, 6) is 1.92. The zero-order valence-corrected chi connectivity index (χ0v) is 22.7. The zero-order chi connectivity index (χ0) is 25.5. The summed E-state index contributed by atoms with van der Waals surface area (Å²) in [6, 6.07) is 20.7. The third-order valence-electron chi connectivity index (χ3n) is 5.31. The Labute approximate surface area is 227 Å². The number of ether oxygens (including phenoxy) is 4. The third-order valence-corrected chi connectivity index (χ3v) is 6.93. The molecule has 7 nitrogen and oxygen atoms in total. The lowest BCUT2D eigenvalue weighted by Gasteiger charge is -2.14. The number of hydrogen-bond acceptors (Lipinski definition) is 7. The summed E-state index contributed by atoms with van der Waals surface area (Å²) in [7, 11) is 3.12. The molecule has 3 aromatic rings. The van der Waals surface area contributed by atoms with Gasteiger partial charge < -0.3 is 18.9 Å². The molecule has 0 aromatic heterocycles. The molecule has 4 rings (SSSR count). The van der Waals surface area contributed by atoms with Gasteiger partial charge in [-0.25, -0.2) is 0 Å². The van der Waals surface area contributed by atoms with E-state index in [1.165, 1.54) is 4.90 Å². The van der Waals surface area contributed by atoms with Crippen LogP contribution in [0.2, 0.25) is 0 Å². The van der Waals surface area contributed by atoms with Crippen LogP contribution in [0.3, 0.4) is 0 Å². The number of thioether (sulfide) groups is 1. The second-order valence-corrected chi connectivity index (χ2v) is 9.90. The van der Waals surface area contributed by atoms with Crippen LogP contribution in [0, 0.1) is 3.57 Å². The summed E-state index contributed by atoms with van der Waals surface area (Å²) in [6.45, 7) is 0.698. The maximum Gasteiger partial charge on any atom is 0.293 e. The normalized spacial score (nSPS) is 14.3. The van der Waals surface area contributed by atoms with Crippen molar-refractivity contribution in [2.24, 2.45) is 0 Å². The Bertz CT molecular complexity index is 1280. The van der Waals surface area contributed by atoms with Gasteiger partial charge in [0.25, 0.3) is 11.1 Å². The first kappa shape index (κ1) is 25.9. The predicted octanol–water partition coefficient (Wildman–Crippen LogP) is 6.00. The van der Waals surface area contributed by atoms with Gasteiger partial charge in [-0.05, 0) is 88.0 Å². The summed E-state index contributed by atoms with van der Waals surface area (Å²) in [5, 5.41) is -0.334. The molecule has 1 saturated heterocycles. The Balaban J connectivity index is 1.39. The van der Waals surface area contributed by atoms with Crippen LogP contribution in [-0.4, -0.2) is 43.4 Å². The summed E-state index contributed by atoms with van der Waals surface area (Å²) in [4.78, 5) is 26.9. The molecule has 0 saturated carbocycles. The average Bonchev–Trinajstić information content (AvgIpc) is 3.16. The number of hydrogen-bond donors (Lipinski definition) is 0. The Morgan fingerprint density at radius 2 is 1.56 bits per heavy atom. The van der Waals surface area contributed by atoms with E-state index in [-0.39, 0.29) is 24.3 Å². The minimum Gasteiger partial charge on any atom is -0.493 e. The first-order valence-corrected chi connectivity index (χ1v) is 12.9. The van der Waals surface area contributed by atoms with Gasteiger partial charge in [-0.2, -0.15) is 0 Å². The van der Waals surface area contributed by atoms with Crippen molar-refractivity contribution >= 4 is 51.6 Å².